The number of ether oxygens (including phenoxy) is 1. The van der Waals surface area contributed by atoms with Crippen molar-refractivity contribution in [2.75, 3.05) is 33.1 Å². The van der Waals surface area contributed by atoms with Crippen molar-refractivity contribution in [1.82, 2.24) is 35.1 Å². The van der Waals surface area contributed by atoms with Crippen molar-refractivity contribution in [2.24, 2.45) is 0 Å². The van der Waals surface area contributed by atoms with Crippen LogP contribution in [0.3, 0.4) is 0 Å². The first-order valence-corrected chi connectivity index (χ1v) is 22.3. The molecular weight excluding hydrogens is 840 g/mol. The number of likely N-dealkylation sites (tertiary alicyclic amines) is 2. The Morgan fingerprint density at radius 3 is 2.16 bits per heavy atom. The zero-order valence-corrected chi connectivity index (χ0v) is 36.3. The molecule has 2 aliphatic heterocycles. The summed E-state index contributed by atoms with van der Waals surface area (Å²) in [7, 11) is 1.28. The van der Waals surface area contributed by atoms with Crippen LogP contribution in [0.4, 0.5) is 4.79 Å². The number of aromatic amines is 2. The minimum Gasteiger partial charge on any atom is -0.453 e. The molecule has 8 rings (SSSR count). The number of imidazole rings is 2. The molecular formula is C47H47ClN8O6S. The van der Waals surface area contributed by atoms with E-state index in [2.05, 4.69) is 27.4 Å². The molecule has 5 atom stereocenters. The zero-order valence-electron chi connectivity index (χ0n) is 34.7. The van der Waals surface area contributed by atoms with Crippen LogP contribution < -0.4 is 5.32 Å². The lowest BCUT2D eigenvalue weighted by Gasteiger charge is -2.28. The highest BCUT2D eigenvalue weighted by Gasteiger charge is 2.41. The molecule has 16 heteroatoms. The second-order valence-electron chi connectivity index (χ2n) is 15.4. The van der Waals surface area contributed by atoms with Gasteiger partial charge in [-0.2, -0.15) is 16.6 Å². The molecule has 2 aromatic heterocycles. The minimum atomic E-state index is -0.910. The number of amides is 3. The highest BCUT2D eigenvalue weighted by Crippen LogP contribution is 2.40. The average Bonchev–Trinajstić information content (AvgIpc) is 4.17. The van der Waals surface area contributed by atoms with Crippen molar-refractivity contribution < 1.29 is 28.9 Å². The third kappa shape index (κ3) is 9.50. The number of nitrogens with zero attached hydrogens (tertiary/aromatic N) is 4. The maximum absolute atomic E-state index is 14.2. The topological polar surface area (TPSA) is 179 Å². The van der Waals surface area contributed by atoms with E-state index in [0.29, 0.717) is 54.0 Å². The Morgan fingerprint density at radius 2 is 1.51 bits per heavy atom. The van der Waals surface area contributed by atoms with Gasteiger partial charge in [0, 0.05) is 23.9 Å². The summed E-state index contributed by atoms with van der Waals surface area (Å²) in [5.41, 5.74) is 6.69. The summed E-state index contributed by atoms with van der Waals surface area (Å²) >= 11 is 8.48. The Bertz CT molecular complexity index is 2520. The van der Waals surface area contributed by atoms with Gasteiger partial charge in [0.25, 0.3) is 5.91 Å². The Kier molecular flexibility index (Phi) is 13.5. The van der Waals surface area contributed by atoms with Crippen LogP contribution in [-0.4, -0.2) is 92.4 Å². The van der Waals surface area contributed by atoms with Crippen molar-refractivity contribution in [3.63, 3.8) is 0 Å². The van der Waals surface area contributed by atoms with Crippen molar-refractivity contribution in [2.45, 2.75) is 48.6 Å². The molecule has 324 valence electrons. The van der Waals surface area contributed by atoms with Crippen LogP contribution in [0.2, 0.25) is 5.15 Å². The van der Waals surface area contributed by atoms with Gasteiger partial charge in [-0.15, -0.1) is 0 Å². The normalized spacial score (nSPS) is 18.2. The van der Waals surface area contributed by atoms with E-state index in [1.54, 1.807) is 18.0 Å². The van der Waals surface area contributed by atoms with Crippen molar-refractivity contribution in [1.29, 1.82) is 5.41 Å². The van der Waals surface area contributed by atoms with E-state index in [4.69, 9.17) is 41.5 Å². The smallest absolute Gasteiger partial charge is 0.407 e. The fourth-order valence-electron chi connectivity index (χ4n) is 8.43. The van der Waals surface area contributed by atoms with Gasteiger partial charge in [-0.1, -0.05) is 121 Å². The Morgan fingerprint density at radius 1 is 0.857 bits per heavy atom. The molecule has 0 bridgehead atoms. The average molecular weight is 887 g/mol. The van der Waals surface area contributed by atoms with E-state index in [0.717, 1.165) is 46.4 Å². The summed E-state index contributed by atoms with van der Waals surface area (Å²) in [4.78, 5) is 70.4. The minimum absolute atomic E-state index is 0.0393. The second-order valence-corrected chi connectivity index (χ2v) is 16.9. The van der Waals surface area contributed by atoms with Crippen LogP contribution in [0.15, 0.2) is 115 Å². The van der Waals surface area contributed by atoms with Gasteiger partial charge in [-0.05, 0) is 53.3 Å². The van der Waals surface area contributed by atoms with Crippen molar-refractivity contribution in [3.05, 3.63) is 143 Å². The number of hydrogen-bond acceptors (Lipinski definition) is 10. The first kappa shape index (κ1) is 43.2. The number of benzene rings is 4. The van der Waals surface area contributed by atoms with Crippen LogP contribution in [-0.2, 0) is 24.1 Å². The van der Waals surface area contributed by atoms with Gasteiger partial charge in [0.1, 0.15) is 35.1 Å². The molecule has 2 saturated heterocycles. The number of rotatable bonds is 15. The summed E-state index contributed by atoms with van der Waals surface area (Å²) < 4.78 is 4.87. The Labute approximate surface area is 374 Å². The molecule has 14 nitrogen and oxygen atoms in total. The van der Waals surface area contributed by atoms with Crippen LogP contribution in [0.5, 0.6) is 0 Å². The van der Waals surface area contributed by atoms with E-state index in [1.807, 2.05) is 113 Å². The van der Waals surface area contributed by atoms with Gasteiger partial charge in [-0.25, -0.2) is 14.8 Å². The fraction of sp³-hybridized carbons (Fsp3) is 0.277. The predicted molar refractivity (Wildman–Crippen MR) is 242 cm³/mol. The fourth-order valence-corrected chi connectivity index (χ4v) is 9.36. The van der Waals surface area contributed by atoms with Gasteiger partial charge in [0.2, 0.25) is 12.3 Å². The Balaban J connectivity index is 0.953. The monoisotopic (exact) mass is 886 g/mol. The number of carbonyl (C=O) groups is 3. The number of H-pyrrole nitrogens is 2. The lowest BCUT2D eigenvalue weighted by molar-refractivity contribution is -0.221. The maximum Gasteiger partial charge on any atom is 0.407 e. The lowest BCUT2D eigenvalue weighted by Crippen LogP contribution is -2.43. The maximum atomic E-state index is 14.2. The molecule has 6 aromatic rings. The number of hydrogen-bond donors (Lipinski definition) is 4. The third-order valence-electron chi connectivity index (χ3n) is 11.7. The molecule has 2 aliphatic rings. The molecule has 63 heavy (non-hydrogen) atoms. The van der Waals surface area contributed by atoms with Gasteiger partial charge < -0.3 is 34.7 Å². The summed E-state index contributed by atoms with van der Waals surface area (Å²) in [6.07, 6.45) is 6.10. The number of methoxy groups -OCH3 is 1. The predicted octanol–water partition coefficient (Wildman–Crippen LogP) is 8.89. The van der Waals surface area contributed by atoms with Gasteiger partial charge in [-0.3, -0.25) is 15.0 Å². The van der Waals surface area contributed by atoms with Crippen LogP contribution in [0.25, 0.3) is 33.6 Å². The highest BCUT2D eigenvalue weighted by molar-refractivity contribution is 7.99. The molecule has 2 fully saturated rings. The first-order chi connectivity index (χ1) is 30.8. The van der Waals surface area contributed by atoms with E-state index in [9.17, 15) is 14.4 Å². The largest absolute Gasteiger partial charge is 0.453 e. The number of carbonyl (C=O) groups excluding carboxylic acids is 3. The van der Waals surface area contributed by atoms with E-state index in [-0.39, 0.29) is 35.8 Å². The number of alkyl carbamates (subject to hydrolysis) is 1. The molecule has 0 spiro atoms. The quantitative estimate of drug-likeness (QED) is 0.0258. The van der Waals surface area contributed by atoms with Gasteiger partial charge in [0.05, 0.1) is 37.0 Å². The molecule has 4 aromatic carbocycles. The van der Waals surface area contributed by atoms with E-state index >= 15 is 0 Å². The summed E-state index contributed by atoms with van der Waals surface area (Å²) in [6.45, 7) is 1.04. The van der Waals surface area contributed by atoms with Crippen LogP contribution >= 0.6 is 23.4 Å². The molecule has 0 aliphatic carbocycles. The zero-order chi connectivity index (χ0) is 43.9. The lowest BCUT2D eigenvalue weighted by atomic mass is 9.98. The summed E-state index contributed by atoms with van der Waals surface area (Å²) in [5, 5.41) is 10.5. The number of thioether (sulfide) groups is 1. The van der Waals surface area contributed by atoms with Crippen molar-refractivity contribution in [3.8, 4) is 33.6 Å². The van der Waals surface area contributed by atoms with Crippen LogP contribution in [0.1, 0.15) is 66.1 Å². The molecule has 4 N–H and O–H groups in total. The highest BCUT2D eigenvalue weighted by atomic mass is 35.5. The molecule has 0 radical (unpaired) electrons. The van der Waals surface area contributed by atoms with Gasteiger partial charge in [0.15, 0.2) is 0 Å². The standard InChI is InChI=1S/C47H47ClN8O6S/c1-60-47(59)53-41(33-12-7-4-8-13-33)46(58)56-26-35(63-2)24-39(56)43-50-25-37(51-43)32-19-15-29(16-20-32)30-17-21-34(22-18-30)40-42(48)54-44(52-40)38-14-9-23-55(38)45(57)36(27-61-62-28-49)31-10-5-3-6-11-31/h3-8,10-13,15-22,25,28,35-36,38-39,41,49H,9,14,23-24,26-27H2,1-2H3,(H,50,51)(H,52,54)(H,53,59)/t35-,36-,38-,39-,41+/m0/s1. The van der Waals surface area contributed by atoms with Gasteiger partial charge >= 0.3 is 6.09 Å². The van der Waals surface area contributed by atoms with E-state index in [1.165, 1.54) is 7.11 Å². The van der Waals surface area contributed by atoms with E-state index < -0.39 is 18.1 Å². The summed E-state index contributed by atoms with van der Waals surface area (Å²) in [6, 6.07) is 33.3. The van der Waals surface area contributed by atoms with Crippen molar-refractivity contribution >= 4 is 47.7 Å². The summed E-state index contributed by atoms with van der Waals surface area (Å²) in [5.74, 6) is 0.337. The third-order valence-corrected chi connectivity index (χ3v) is 13.0. The first-order valence-electron chi connectivity index (χ1n) is 20.6. The number of halogens is 1. The SMILES string of the molecule is COC(=O)N[C@@H](C(=O)N1C[C@@H](SC)C[C@H]1c1ncc(-c2ccc(-c3ccc(-c4nc([C@@H]5CCCN5C(=O)[C@@H](COOC=N)c5ccccc5)[nH]c4Cl)cc3)cc2)[nH]1)c1ccccc1. The molecule has 0 unspecified atom stereocenters. The Hall–Kier alpha value is -6.42. The molecule has 3 amide bonds. The number of aromatic nitrogens is 4. The number of nitrogens with one attached hydrogen (secondary N) is 4. The second kappa shape index (κ2) is 19.7. The molecule has 4 heterocycles. The van der Waals surface area contributed by atoms with Crippen LogP contribution in [0, 0.1) is 5.41 Å². The molecule has 0 saturated carbocycles.